The summed E-state index contributed by atoms with van der Waals surface area (Å²) in [7, 11) is 0. The van der Waals surface area contributed by atoms with Crippen molar-refractivity contribution in [3.8, 4) is 0 Å². The predicted octanol–water partition coefficient (Wildman–Crippen LogP) is 6.77. The van der Waals surface area contributed by atoms with Gasteiger partial charge in [0.2, 0.25) is 0 Å². The molecule has 0 spiro atoms. The van der Waals surface area contributed by atoms with E-state index in [0.29, 0.717) is 19.7 Å². The molecule has 6 aliphatic rings. The minimum absolute atomic E-state index is 0.00364. The highest BCUT2D eigenvalue weighted by Crippen LogP contribution is 2.50. The predicted molar refractivity (Wildman–Crippen MR) is 226 cm³/mol. The molecule has 18 heteroatoms. The number of carbonyl (C=O) groups excluding carboxylic acids is 4. The summed E-state index contributed by atoms with van der Waals surface area (Å²) in [5.41, 5.74) is -0.762. The number of nitrogens with one attached hydrogen (secondary N) is 1. The summed E-state index contributed by atoms with van der Waals surface area (Å²) >= 11 is 0. The van der Waals surface area contributed by atoms with E-state index < -0.39 is 71.1 Å². The topological polar surface area (TPSA) is 155 Å². The Hall–Kier alpha value is -4.10. The molecule has 0 aromatic heterocycles. The number of rotatable bonds is 11. The number of fused-ring (bicyclic) bond motifs is 6. The molecular formula is C47H63F6N3O9. The van der Waals surface area contributed by atoms with Crippen molar-refractivity contribution >= 4 is 23.7 Å². The van der Waals surface area contributed by atoms with Crippen LogP contribution in [-0.4, -0.2) is 129 Å². The highest BCUT2D eigenvalue weighted by Gasteiger charge is 2.61. The Morgan fingerprint density at radius 3 is 1.54 bits per heavy atom. The third kappa shape index (κ3) is 14.0. The maximum atomic E-state index is 14.4. The minimum atomic E-state index is -2.85. The zero-order valence-electron chi connectivity index (χ0n) is 37.5. The van der Waals surface area contributed by atoms with E-state index in [1.54, 1.807) is 25.7 Å². The van der Waals surface area contributed by atoms with Crippen LogP contribution in [0.3, 0.4) is 0 Å². The average Bonchev–Trinajstić information content (AvgIpc) is 3.57. The number of hydrogen-bond donors (Lipinski definition) is 3. The van der Waals surface area contributed by atoms with Gasteiger partial charge in [-0.15, -0.1) is 0 Å². The second-order valence-electron chi connectivity index (χ2n) is 18.1. The number of piperidine rings is 3. The largest absolute Gasteiger partial charge is 0.466 e. The molecule has 0 aliphatic carbocycles. The number of halogens is 6. The number of benzene rings is 2. The Morgan fingerprint density at radius 1 is 0.615 bits per heavy atom. The first-order valence-electron chi connectivity index (χ1n) is 22.4. The lowest BCUT2D eigenvalue weighted by molar-refractivity contribution is -0.155. The normalized spacial score (nSPS) is 31.2. The molecule has 8 unspecified atom stereocenters. The van der Waals surface area contributed by atoms with E-state index in [0.717, 1.165) is 11.1 Å². The summed E-state index contributed by atoms with van der Waals surface area (Å²) in [6.07, 6.45) is -0.710. The lowest BCUT2D eigenvalue weighted by Crippen LogP contribution is -2.53. The summed E-state index contributed by atoms with van der Waals surface area (Å²) in [6, 6.07) is 15.0. The standard InChI is InChI=1S/C18H23F2NO3.C14H15F2NO.C11H17F2NO3.C4H8O2/c1-2-24-16(22)11-17(23)8-14-9-18(19,20)15(10-17)21(14)12-13-6-4-3-5-7-13;15-14(16)8-11-6-12(18)7-13(14)17(11)9-10-4-2-1-3-5-10;1-2-17-9(15)6-10(16)3-7-4-11(12,13)8(5-10)14-7;1-3-6-4(2)5/h3-7,14-15,23H,2,8-12H2,1H3;1-5,11,13H,6-9H2;7-8,14,16H,2-6H2,1H3;3H2,1-2H3. The zero-order chi connectivity index (χ0) is 47.8. The third-order valence-corrected chi connectivity index (χ3v) is 12.8. The van der Waals surface area contributed by atoms with Crippen LogP contribution in [0.5, 0.6) is 0 Å². The number of alkyl halides is 6. The Kier molecular flexibility index (Phi) is 17.3. The number of carbonyl (C=O) groups is 4. The van der Waals surface area contributed by atoms with Crippen LogP contribution in [0.25, 0.3) is 0 Å². The molecule has 8 rings (SSSR count). The summed E-state index contributed by atoms with van der Waals surface area (Å²) in [5, 5.41) is 23.7. The molecule has 12 nitrogen and oxygen atoms in total. The number of aliphatic hydroxyl groups is 2. The van der Waals surface area contributed by atoms with Gasteiger partial charge in [0.1, 0.15) is 5.78 Å². The first-order valence-corrected chi connectivity index (χ1v) is 22.4. The highest BCUT2D eigenvalue weighted by molar-refractivity contribution is 5.81. The van der Waals surface area contributed by atoms with Crippen LogP contribution in [0.15, 0.2) is 60.7 Å². The van der Waals surface area contributed by atoms with Gasteiger partial charge in [-0.25, -0.2) is 26.3 Å². The van der Waals surface area contributed by atoms with Crippen LogP contribution in [0.4, 0.5) is 26.3 Å². The Balaban J connectivity index is 0.000000175. The van der Waals surface area contributed by atoms with Crippen LogP contribution in [0.1, 0.15) is 109 Å². The molecule has 8 atom stereocenters. The SMILES string of the molecule is CCOC(=O)CC1(O)CC2CC(F)(F)C(C1)N2.CCOC(=O)CC1(O)CC2CC(F)(F)C(C1)N2Cc1ccccc1.CCOC(C)=O.O=C1CC2CC(F)(F)C(C1)N2Cc1ccccc1. The number of ether oxygens (including phenoxy) is 3. The van der Waals surface area contributed by atoms with Crippen molar-refractivity contribution in [1.82, 2.24) is 15.1 Å². The van der Waals surface area contributed by atoms with Crippen molar-refractivity contribution in [3.05, 3.63) is 71.8 Å². The molecule has 6 bridgehead atoms. The number of esters is 3. The molecule has 0 amide bonds. The summed E-state index contributed by atoms with van der Waals surface area (Å²) in [5.74, 6) is -9.64. The number of nitrogens with zero attached hydrogens (tertiary/aromatic N) is 2. The molecule has 0 radical (unpaired) electrons. The minimum Gasteiger partial charge on any atom is -0.466 e. The van der Waals surface area contributed by atoms with Crippen molar-refractivity contribution in [2.24, 2.45) is 0 Å². The Labute approximate surface area is 376 Å². The summed E-state index contributed by atoms with van der Waals surface area (Å²) < 4.78 is 97.4. The smallest absolute Gasteiger partial charge is 0.308 e. The monoisotopic (exact) mass is 927 g/mol. The molecule has 2 aromatic carbocycles. The molecule has 362 valence electrons. The van der Waals surface area contributed by atoms with Gasteiger partial charge in [0.15, 0.2) is 0 Å². The molecule has 6 saturated heterocycles. The molecule has 6 heterocycles. The first kappa shape index (κ1) is 51.9. The van der Waals surface area contributed by atoms with Crippen LogP contribution in [-0.2, 0) is 46.5 Å². The fourth-order valence-corrected chi connectivity index (χ4v) is 10.2. The van der Waals surface area contributed by atoms with E-state index in [2.05, 4.69) is 10.1 Å². The molecule has 0 saturated carbocycles. The van der Waals surface area contributed by atoms with E-state index in [-0.39, 0.29) is 102 Å². The maximum absolute atomic E-state index is 14.4. The van der Waals surface area contributed by atoms with Crippen molar-refractivity contribution in [2.45, 2.75) is 177 Å². The summed E-state index contributed by atoms with van der Waals surface area (Å²) in [4.78, 5) is 47.9. The van der Waals surface area contributed by atoms with Crippen molar-refractivity contribution < 1.29 is 69.9 Å². The summed E-state index contributed by atoms with van der Waals surface area (Å²) in [6.45, 7) is 8.40. The van der Waals surface area contributed by atoms with E-state index in [1.165, 1.54) is 6.92 Å². The van der Waals surface area contributed by atoms with Gasteiger partial charge in [-0.05, 0) is 57.6 Å². The van der Waals surface area contributed by atoms with E-state index in [4.69, 9.17) is 9.47 Å². The van der Waals surface area contributed by atoms with Crippen molar-refractivity contribution in [3.63, 3.8) is 0 Å². The van der Waals surface area contributed by atoms with E-state index in [9.17, 15) is 55.7 Å². The quantitative estimate of drug-likeness (QED) is 0.124. The fourth-order valence-electron chi connectivity index (χ4n) is 10.2. The van der Waals surface area contributed by atoms with Gasteiger partial charge in [0.25, 0.3) is 17.8 Å². The number of hydrogen-bond acceptors (Lipinski definition) is 12. The van der Waals surface area contributed by atoms with Gasteiger partial charge in [0.05, 0.1) is 62.0 Å². The Morgan fingerprint density at radius 2 is 1.09 bits per heavy atom. The lowest BCUT2D eigenvalue weighted by atomic mass is 9.83. The third-order valence-electron chi connectivity index (χ3n) is 12.8. The zero-order valence-corrected chi connectivity index (χ0v) is 37.5. The van der Waals surface area contributed by atoms with Gasteiger partial charge in [0, 0.05) is 70.2 Å². The maximum Gasteiger partial charge on any atom is 0.308 e. The Bertz CT molecular complexity index is 1920. The molecule has 3 N–H and O–H groups in total. The lowest BCUT2D eigenvalue weighted by Gasteiger charge is -2.43. The van der Waals surface area contributed by atoms with Gasteiger partial charge >= 0.3 is 17.9 Å². The van der Waals surface area contributed by atoms with E-state index in [1.807, 2.05) is 65.6 Å². The number of ketones is 1. The van der Waals surface area contributed by atoms with Crippen molar-refractivity contribution in [2.75, 3.05) is 19.8 Å². The van der Waals surface area contributed by atoms with Gasteiger partial charge in [-0.1, -0.05) is 60.7 Å². The fraction of sp³-hybridized carbons (Fsp3) is 0.660. The van der Waals surface area contributed by atoms with Gasteiger partial charge in [-0.3, -0.25) is 29.0 Å². The van der Waals surface area contributed by atoms with Gasteiger partial charge < -0.3 is 29.7 Å². The van der Waals surface area contributed by atoms with Crippen LogP contribution < -0.4 is 5.32 Å². The second kappa shape index (κ2) is 21.7. The van der Waals surface area contributed by atoms with E-state index >= 15 is 0 Å². The van der Waals surface area contributed by atoms with Crippen LogP contribution in [0, 0.1) is 0 Å². The van der Waals surface area contributed by atoms with Crippen molar-refractivity contribution in [1.29, 1.82) is 0 Å². The molecule has 2 aromatic rings. The van der Waals surface area contributed by atoms with Crippen LogP contribution in [0.2, 0.25) is 0 Å². The molecular weight excluding hydrogens is 865 g/mol. The first-order chi connectivity index (χ1) is 30.5. The number of Topliss-reactive ketones (excluding diaryl/α,β-unsaturated/α-hetero) is 1. The highest BCUT2D eigenvalue weighted by atomic mass is 19.3. The van der Waals surface area contributed by atoms with Crippen LogP contribution >= 0.6 is 0 Å². The second-order valence-corrected chi connectivity index (χ2v) is 18.1. The molecule has 6 fully saturated rings. The molecule has 6 aliphatic heterocycles. The molecule has 65 heavy (non-hydrogen) atoms. The average molecular weight is 928 g/mol. The van der Waals surface area contributed by atoms with Gasteiger partial charge in [-0.2, -0.15) is 0 Å².